The van der Waals surface area contributed by atoms with Crippen LogP contribution in [-0.4, -0.2) is 54.1 Å². The number of amides is 1. The average Bonchev–Trinajstić information content (AvgIpc) is 2.81. The van der Waals surface area contributed by atoms with E-state index < -0.39 is 5.82 Å². The number of nitrogens with two attached hydrogens (primary N) is 1. The van der Waals surface area contributed by atoms with Gasteiger partial charge in [-0.2, -0.15) is 0 Å². The molecule has 0 radical (unpaired) electrons. The van der Waals surface area contributed by atoms with E-state index in [0.717, 1.165) is 19.6 Å². The maximum absolute atomic E-state index is 14.4. The van der Waals surface area contributed by atoms with Crippen LogP contribution < -0.4 is 5.73 Å². The molecule has 3 N–H and O–H groups in total. The number of nitrogens with one attached hydrogen (secondary N) is 1. The second kappa shape index (κ2) is 11.4. The minimum atomic E-state index is -0.529. The second-order valence-electron chi connectivity index (χ2n) is 7.27. The molecule has 6 heteroatoms. The largest absolute Gasteiger partial charge is 0.399 e. The molecule has 1 fully saturated rings. The van der Waals surface area contributed by atoms with E-state index in [-0.39, 0.29) is 17.9 Å². The molecule has 2 aromatic carbocycles. The van der Waals surface area contributed by atoms with Gasteiger partial charge in [0.25, 0.3) is 5.91 Å². The van der Waals surface area contributed by atoms with Crippen molar-refractivity contribution < 1.29 is 9.18 Å². The highest BCUT2D eigenvalue weighted by Crippen LogP contribution is 2.19. The minimum Gasteiger partial charge on any atom is -0.399 e. The van der Waals surface area contributed by atoms with Gasteiger partial charge < -0.3 is 20.9 Å². The van der Waals surface area contributed by atoms with E-state index in [1.54, 1.807) is 17.0 Å². The van der Waals surface area contributed by atoms with Gasteiger partial charge >= 0.3 is 0 Å². The Bertz CT molecular complexity index is 933. The Morgan fingerprint density at radius 2 is 1.68 bits per heavy atom. The third-order valence-corrected chi connectivity index (χ3v) is 5.35. The highest BCUT2D eigenvalue weighted by atomic mass is 19.1. The third kappa shape index (κ3) is 6.01. The molecular formula is C25H33FN4O. The monoisotopic (exact) mass is 424 g/mol. The number of hydrogen-bond donors (Lipinski definition) is 2. The van der Waals surface area contributed by atoms with Crippen LogP contribution in [0.5, 0.6) is 0 Å². The summed E-state index contributed by atoms with van der Waals surface area (Å²) < 4.78 is 14.4. The summed E-state index contributed by atoms with van der Waals surface area (Å²) in [6, 6.07) is 11.8. The molecule has 0 aromatic heterocycles. The lowest BCUT2D eigenvalue weighted by Gasteiger charge is -2.34. The van der Waals surface area contributed by atoms with Crippen LogP contribution >= 0.6 is 0 Å². The first kappa shape index (κ1) is 24.3. The van der Waals surface area contributed by atoms with E-state index in [9.17, 15) is 9.18 Å². The molecular weight excluding hydrogens is 391 g/mol. The summed E-state index contributed by atoms with van der Waals surface area (Å²) in [5.74, 6) is -0.818. The zero-order valence-electron chi connectivity index (χ0n) is 18.7. The van der Waals surface area contributed by atoms with Crippen LogP contribution in [-0.2, 0) is 6.42 Å². The smallest absolute Gasteiger partial charge is 0.256 e. The molecule has 5 nitrogen and oxygen atoms in total. The van der Waals surface area contributed by atoms with Gasteiger partial charge in [0.2, 0.25) is 0 Å². The summed E-state index contributed by atoms with van der Waals surface area (Å²) in [4.78, 5) is 16.8. The topological polar surface area (TPSA) is 73.4 Å². The number of halogens is 1. The highest BCUT2D eigenvalue weighted by Gasteiger charge is 2.24. The lowest BCUT2D eigenvalue weighted by Crippen LogP contribution is -2.48. The van der Waals surface area contributed by atoms with Gasteiger partial charge in [-0.15, -0.1) is 0 Å². The molecule has 1 heterocycles. The number of benzene rings is 2. The predicted molar refractivity (Wildman–Crippen MR) is 126 cm³/mol. The van der Waals surface area contributed by atoms with Crippen molar-refractivity contribution in [3.05, 3.63) is 77.1 Å². The fourth-order valence-electron chi connectivity index (χ4n) is 3.61. The van der Waals surface area contributed by atoms with E-state index in [1.165, 1.54) is 6.07 Å². The van der Waals surface area contributed by atoms with Gasteiger partial charge in [-0.1, -0.05) is 57.7 Å². The van der Waals surface area contributed by atoms with Gasteiger partial charge in [0.15, 0.2) is 0 Å². The van der Waals surface area contributed by atoms with Crippen molar-refractivity contribution >= 4 is 17.3 Å². The highest BCUT2D eigenvalue weighted by molar-refractivity contribution is 6.03. The van der Waals surface area contributed by atoms with Gasteiger partial charge in [0, 0.05) is 55.1 Å². The fourth-order valence-corrected chi connectivity index (χ4v) is 3.61. The molecule has 0 unspecified atom stereocenters. The number of nitrogens with zero attached hydrogens (tertiary/aromatic N) is 2. The molecule has 0 saturated carbocycles. The Morgan fingerprint density at radius 1 is 1.06 bits per heavy atom. The summed E-state index contributed by atoms with van der Waals surface area (Å²) >= 11 is 0. The first-order valence-corrected chi connectivity index (χ1v) is 10.8. The van der Waals surface area contributed by atoms with E-state index >= 15 is 0 Å². The van der Waals surface area contributed by atoms with E-state index in [2.05, 4.69) is 18.4 Å². The summed E-state index contributed by atoms with van der Waals surface area (Å²) in [6.45, 7) is 13.6. The number of carbonyl (C=O) groups is 1. The maximum Gasteiger partial charge on any atom is 0.256 e. The molecule has 0 atom stereocenters. The molecule has 1 aliphatic heterocycles. The van der Waals surface area contributed by atoms with Crippen LogP contribution in [0.15, 0.2) is 49.0 Å². The van der Waals surface area contributed by atoms with Gasteiger partial charge in [-0.05, 0) is 24.2 Å². The average molecular weight is 425 g/mol. The van der Waals surface area contributed by atoms with Crippen LogP contribution in [0.1, 0.15) is 47.8 Å². The Morgan fingerprint density at radius 3 is 2.26 bits per heavy atom. The van der Waals surface area contributed by atoms with Crippen LogP contribution in [0.2, 0.25) is 0 Å². The van der Waals surface area contributed by atoms with Crippen LogP contribution in [0.4, 0.5) is 4.39 Å². The molecule has 2 aromatic rings. The van der Waals surface area contributed by atoms with Crippen molar-refractivity contribution in [2.75, 3.05) is 32.7 Å². The number of likely N-dealkylation sites (N-methyl/N-ethyl adjacent to an activating group) is 1. The Balaban J connectivity index is 0.00000166. The van der Waals surface area contributed by atoms with E-state index in [0.29, 0.717) is 41.2 Å². The van der Waals surface area contributed by atoms with Gasteiger partial charge in [0.1, 0.15) is 5.82 Å². The van der Waals surface area contributed by atoms with Crippen molar-refractivity contribution in [2.45, 2.75) is 27.2 Å². The fraction of sp³-hybridized carbons (Fsp3) is 0.360. The van der Waals surface area contributed by atoms with Gasteiger partial charge in [-0.3, -0.25) is 4.79 Å². The zero-order chi connectivity index (χ0) is 23.0. The van der Waals surface area contributed by atoms with Crippen molar-refractivity contribution in [1.82, 2.24) is 9.80 Å². The molecule has 166 valence electrons. The number of hydrogen-bond acceptors (Lipinski definition) is 4. The quantitative estimate of drug-likeness (QED) is 0.684. The van der Waals surface area contributed by atoms with Gasteiger partial charge in [-0.25, -0.2) is 4.39 Å². The molecule has 1 aliphatic rings. The molecule has 31 heavy (non-hydrogen) atoms. The number of piperazine rings is 1. The third-order valence-electron chi connectivity index (χ3n) is 5.35. The Hall–Kier alpha value is -2.99. The molecule has 0 spiro atoms. The van der Waals surface area contributed by atoms with Crippen LogP contribution in [0.25, 0.3) is 5.70 Å². The van der Waals surface area contributed by atoms with Gasteiger partial charge in [0.05, 0.1) is 5.56 Å². The Labute approximate surface area is 184 Å². The summed E-state index contributed by atoms with van der Waals surface area (Å²) in [7, 11) is 0. The molecule has 0 aliphatic carbocycles. The van der Waals surface area contributed by atoms with Crippen molar-refractivity contribution in [2.24, 2.45) is 5.73 Å². The van der Waals surface area contributed by atoms with Crippen molar-refractivity contribution in [1.29, 1.82) is 5.41 Å². The summed E-state index contributed by atoms with van der Waals surface area (Å²) in [6.07, 6.45) is 0.272. The summed E-state index contributed by atoms with van der Waals surface area (Å²) in [5.41, 5.74) is 8.75. The lowest BCUT2D eigenvalue weighted by atomic mass is 9.95. The van der Waals surface area contributed by atoms with E-state index in [4.69, 9.17) is 11.1 Å². The van der Waals surface area contributed by atoms with Crippen molar-refractivity contribution in [3.63, 3.8) is 0 Å². The SMILES string of the molecule is C=C(N)c1ccccc1C(=N)Cc1ccc(F)c(C(=O)N2CCN(CC)CC2)c1.CC. The maximum atomic E-state index is 14.4. The lowest BCUT2D eigenvalue weighted by molar-refractivity contribution is 0.0638. The first-order valence-electron chi connectivity index (χ1n) is 10.8. The van der Waals surface area contributed by atoms with E-state index in [1.807, 2.05) is 38.1 Å². The standard InChI is InChI=1S/C23H27FN4O.C2H6/c1-3-27-10-12-28(13-11-27)23(29)20-14-17(8-9-21(20)24)15-22(26)19-7-5-4-6-18(19)16(2)25;1-2/h4-9,14,26H,2-3,10-13,15,25H2,1H3;1-2H3. The number of carbonyl (C=O) groups excluding carboxylic acids is 1. The number of rotatable bonds is 6. The zero-order valence-corrected chi connectivity index (χ0v) is 18.7. The minimum absolute atomic E-state index is 0.0665. The Kier molecular flexibility index (Phi) is 8.94. The molecule has 0 bridgehead atoms. The van der Waals surface area contributed by atoms with Crippen molar-refractivity contribution in [3.8, 4) is 0 Å². The first-order chi connectivity index (χ1) is 14.9. The summed E-state index contributed by atoms with van der Waals surface area (Å²) in [5, 5.41) is 8.48. The predicted octanol–water partition coefficient (Wildman–Crippen LogP) is 4.17. The van der Waals surface area contributed by atoms with Crippen LogP contribution in [0.3, 0.4) is 0 Å². The molecule has 1 amide bonds. The normalized spacial score (nSPS) is 13.9. The van der Waals surface area contributed by atoms with Crippen LogP contribution in [0, 0.1) is 11.2 Å². The molecule has 3 rings (SSSR count). The second-order valence-corrected chi connectivity index (χ2v) is 7.27. The molecule has 1 saturated heterocycles.